The van der Waals surface area contributed by atoms with Crippen molar-refractivity contribution in [2.24, 2.45) is 10.7 Å². The van der Waals surface area contributed by atoms with Crippen molar-refractivity contribution in [3.63, 3.8) is 0 Å². The van der Waals surface area contributed by atoms with Gasteiger partial charge in [-0.05, 0) is 31.9 Å². The van der Waals surface area contributed by atoms with E-state index in [-0.39, 0.29) is 24.0 Å². The molecule has 1 saturated heterocycles. The van der Waals surface area contributed by atoms with Crippen molar-refractivity contribution < 1.29 is 0 Å². The highest BCUT2D eigenvalue weighted by Gasteiger charge is 2.28. The quantitative estimate of drug-likeness (QED) is 0.306. The highest BCUT2D eigenvalue weighted by atomic mass is 127. The molecule has 1 aliphatic rings. The molecule has 1 rings (SSSR count). The largest absolute Gasteiger partial charge is 0.370 e. The number of guanidine groups is 1. The molecule has 0 aromatic rings. The predicted octanol–water partition coefficient (Wildman–Crippen LogP) is 3.37. The summed E-state index contributed by atoms with van der Waals surface area (Å²) in [5.74, 6) is 1.89. The monoisotopic (exact) mass is 385 g/mol. The Kier molecular flexibility index (Phi) is 10.4. The van der Waals surface area contributed by atoms with Crippen LogP contribution in [0.5, 0.6) is 0 Å². The predicted molar refractivity (Wildman–Crippen MR) is 94.1 cm³/mol. The molecule has 0 radical (unpaired) electrons. The minimum absolute atomic E-state index is 0. The molecule has 1 heterocycles. The molecule has 1 unspecified atom stereocenters. The van der Waals surface area contributed by atoms with Crippen LogP contribution in [0, 0.1) is 0 Å². The smallest absolute Gasteiger partial charge is 0.188 e. The SMILES string of the molecule is CCCCCCNC(N)=NCC1(C)CCCS1.I. The second-order valence-electron chi connectivity index (χ2n) is 5.09. The molecule has 0 aliphatic carbocycles. The van der Waals surface area contributed by atoms with Crippen LogP contribution in [0.2, 0.25) is 0 Å². The van der Waals surface area contributed by atoms with Crippen LogP contribution >= 0.6 is 35.7 Å². The van der Waals surface area contributed by atoms with Gasteiger partial charge in [0.25, 0.3) is 0 Å². The number of thioether (sulfide) groups is 1. The van der Waals surface area contributed by atoms with Gasteiger partial charge in [0.2, 0.25) is 0 Å². The van der Waals surface area contributed by atoms with Crippen molar-refractivity contribution in [2.45, 2.75) is 57.1 Å². The number of hydrogen-bond donors (Lipinski definition) is 2. The Morgan fingerprint density at radius 3 is 2.78 bits per heavy atom. The van der Waals surface area contributed by atoms with Gasteiger partial charge in [-0.3, -0.25) is 4.99 Å². The van der Waals surface area contributed by atoms with E-state index in [0.717, 1.165) is 13.1 Å². The zero-order valence-electron chi connectivity index (χ0n) is 11.7. The summed E-state index contributed by atoms with van der Waals surface area (Å²) in [5.41, 5.74) is 5.86. The summed E-state index contributed by atoms with van der Waals surface area (Å²) in [6, 6.07) is 0. The number of nitrogens with two attached hydrogens (primary N) is 1. The zero-order chi connectivity index (χ0) is 12.6. The number of halogens is 1. The normalized spacial score (nSPS) is 23.8. The molecule has 3 nitrogen and oxygen atoms in total. The Morgan fingerprint density at radius 1 is 1.39 bits per heavy atom. The number of unbranched alkanes of at least 4 members (excludes halogenated alkanes) is 3. The Bertz CT molecular complexity index is 240. The third-order valence-electron chi connectivity index (χ3n) is 3.22. The van der Waals surface area contributed by atoms with Gasteiger partial charge in [0, 0.05) is 11.3 Å². The summed E-state index contributed by atoms with van der Waals surface area (Å²) in [6.07, 6.45) is 7.65. The highest BCUT2D eigenvalue weighted by molar-refractivity contribution is 14.0. The van der Waals surface area contributed by atoms with Crippen LogP contribution in [0.25, 0.3) is 0 Å². The van der Waals surface area contributed by atoms with E-state index in [2.05, 4.69) is 24.2 Å². The van der Waals surface area contributed by atoms with E-state index < -0.39 is 0 Å². The number of rotatable bonds is 7. The minimum atomic E-state index is 0. The third-order valence-corrected chi connectivity index (χ3v) is 4.74. The first kappa shape index (κ1) is 18.4. The standard InChI is InChI=1S/C13H27N3S.HI/c1-3-4-5-6-9-15-12(14)16-11-13(2)8-7-10-17-13;/h3-11H2,1-2H3,(H3,14,15,16);1H. The summed E-state index contributed by atoms with van der Waals surface area (Å²) in [5, 5.41) is 3.20. The second kappa shape index (κ2) is 10.2. The van der Waals surface area contributed by atoms with E-state index in [0.29, 0.717) is 10.7 Å². The topological polar surface area (TPSA) is 50.4 Å². The van der Waals surface area contributed by atoms with Crippen LogP contribution in [-0.2, 0) is 0 Å². The summed E-state index contributed by atoms with van der Waals surface area (Å²) in [4.78, 5) is 4.46. The molecule has 0 saturated carbocycles. The van der Waals surface area contributed by atoms with Crippen molar-refractivity contribution in [1.82, 2.24) is 5.32 Å². The number of nitrogens with zero attached hydrogens (tertiary/aromatic N) is 1. The van der Waals surface area contributed by atoms with Gasteiger partial charge in [0.1, 0.15) is 0 Å². The molecule has 0 aromatic carbocycles. The van der Waals surface area contributed by atoms with Crippen molar-refractivity contribution in [1.29, 1.82) is 0 Å². The average molecular weight is 385 g/mol. The molecule has 0 aromatic heterocycles. The molecule has 1 aliphatic heterocycles. The van der Waals surface area contributed by atoms with Gasteiger partial charge in [-0.2, -0.15) is 11.8 Å². The maximum absolute atomic E-state index is 5.86. The molecule has 18 heavy (non-hydrogen) atoms. The molecule has 1 fully saturated rings. The van der Waals surface area contributed by atoms with Gasteiger partial charge in [-0.1, -0.05) is 26.2 Å². The Morgan fingerprint density at radius 2 is 2.17 bits per heavy atom. The van der Waals surface area contributed by atoms with Gasteiger partial charge in [-0.25, -0.2) is 0 Å². The van der Waals surface area contributed by atoms with Crippen LogP contribution in [0.15, 0.2) is 4.99 Å². The lowest BCUT2D eigenvalue weighted by Gasteiger charge is -2.19. The fraction of sp³-hybridized carbons (Fsp3) is 0.923. The molecule has 0 spiro atoms. The average Bonchev–Trinajstić information content (AvgIpc) is 2.74. The number of aliphatic imine (C=N–C) groups is 1. The molecular weight excluding hydrogens is 357 g/mol. The number of nitrogens with one attached hydrogen (secondary N) is 1. The van der Waals surface area contributed by atoms with Gasteiger partial charge < -0.3 is 11.1 Å². The Balaban J connectivity index is 0.00000289. The van der Waals surface area contributed by atoms with Gasteiger partial charge >= 0.3 is 0 Å². The van der Waals surface area contributed by atoms with Crippen LogP contribution < -0.4 is 11.1 Å². The Hall–Kier alpha value is 0.350. The van der Waals surface area contributed by atoms with E-state index in [1.165, 1.54) is 44.3 Å². The lowest BCUT2D eigenvalue weighted by molar-refractivity contribution is 0.614. The van der Waals surface area contributed by atoms with E-state index in [1.54, 1.807) is 0 Å². The second-order valence-corrected chi connectivity index (χ2v) is 6.77. The molecule has 5 heteroatoms. The first-order valence-electron chi connectivity index (χ1n) is 6.84. The molecule has 108 valence electrons. The lowest BCUT2D eigenvalue weighted by atomic mass is 10.1. The maximum Gasteiger partial charge on any atom is 0.188 e. The third kappa shape index (κ3) is 7.71. The number of hydrogen-bond acceptors (Lipinski definition) is 2. The van der Waals surface area contributed by atoms with E-state index in [9.17, 15) is 0 Å². The summed E-state index contributed by atoms with van der Waals surface area (Å²) >= 11 is 2.03. The minimum Gasteiger partial charge on any atom is -0.370 e. The van der Waals surface area contributed by atoms with Gasteiger partial charge in [0.15, 0.2) is 5.96 Å². The molecule has 0 bridgehead atoms. The summed E-state index contributed by atoms with van der Waals surface area (Å²) in [7, 11) is 0. The fourth-order valence-corrected chi connectivity index (χ4v) is 3.26. The molecular formula is C13H28IN3S. The summed E-state index contributed by atoms with van der Waals surface area (Å²) < 4.78 is 0.328. The van der Waals surface area contributed by atoms with Crippen LogP contribution in [0.1, 0.15) is 52.4 Å². The van der Waals surface area contributed by atoms with Gasteiger partial charge in [-0.15, -0.1) is 24.0 Å². The van der Waals surface area contributed by atoms with Crippen molar-refractivity contribution in [3.05, 3.63) is 0 Å². The zero-order valence-corrected chi connectivity index (χ0v) is 14.9. The maximum atomic E-state index is 5.86. The highest BCUT2D eigenvalue weighted by Crippen LogP contribution is 2.37. The first-order valence-corrected chi connectivity index (χ1v) is 7.82. The van der Waals surface area contributed by atoms with Crippen molar-refractivity contribution in [3.8, 4) is 0 Å². The van der Waals surface area contributed by atoms with Gasteiger partial charge in [0.05, 0.1) is 6.54 Å². The lowest BCUT2D eigenvalue weighted by Crippen LogP contribution is -2.34. The molecule has 3 N–H and O–H groups in total. The van der Waals surface area contributed by atoms with Crippen molar-refractivity contribution in [2.75, 3.05) is 18.8 Å². The molecule has 1 atom stereocenters. The van der Waals surface area contributed by atoms with E-state index >= 15 is 0 Å². The van der Waals surface area contributed by atoms with Crippen molar-refractivity contribution >= 4 is 41.7 Å². The van der Waals surface area contributed by atoms with Crippen LogP contribution in [-0.4, -0.2) is 29.5 Å². The van der Waals surface area contributed by atoms with E-state index in [1.807, 2.05) is 11.8 Å². The summed E-state index contributed by atoms with van der Waals surface area (Å²) in [6.45, 7) is 6.33. The molecule has 0 amide bonds. The van der Waals surface area contributed by atoms with Crippen LogP contribution in [0.3, 0.4) is 0 Å². The van der Waals surface area contributed by atoms with E-state index in [4.69, 9.17) is 5.73 Å². The Labute approximate surface area is 133 Å². The first-order chi connectivity index (χ1) is 8.16. The van der Waals surface area contributed by atoms with Crippen LogP contribution in [0.4, 0.5) is 0 Å². The fourth-order valence-electron chi connectivity index (χ4n) is 2.04.